The third-order valence-corrected chi connectivity index (χ3v) is 3.92. The highest BCUT2D eigenvalue weighted by Gasteiger charge is 2.16. The molecule has 6 heteroatoms. The van der Waals surface area contributed by atoms with Gasteiger partial charge in [0.05, 0.1) is 10.6 Å². The summed E-state index contributed by atoms with van der Waals surface area (Å²) in [4.78, 5) is 12.2. The molecule has 0 atom stereocenters. The molecular formula is C16H13ClF2N2O. The molecular weight excluding hydrogens is 310 g/mol. The van der Waals surface area contributed by atoms with Crippen LogP contribution in [-0.4, -0.2) is 12.5 Å². The van der Waals surface area contributed by atoms with Crippen molar-refractivity contribution in [2.24, 2.45) is 0 Å². The lowest BCUT2D eigenvalue weighted by atomic mass is 10.0. The van der Waals surface area contributed by atoms with Crippen molar-refractivity contribution in [3.63, 3.8) is 0 Å². The lowest BCUT2D eigenvalue weighted by Gasteiger charge is -2.18. The first kappa shape index (κ1) is 14.9. The van der Waals surface area contributed by atoms with E-state index in [4.69, 9.17) is 11.6 Å². The minimum atomic E-state index is -1.11. The SMILES string of the molecule is O=C(Nc1ccc2c(c1)CNCC2)c1cc(F)c(F)cc1Cl. The number of hydrogen-bond acceptors (Lipinski definition) is 2. The number of fused-ring (bicyclic) bond motifs is 1. The number of amides is 1. The first-order chi connectivity index (χ1) is 10.5. The molecule has 1 amide bonds. The molecule has 2 aromatic rings. The number of rotatable bonds is 2. The van der Waals surface area contributed by atoms with Crippen LogP contribution in [0.5, 0.6) is 0 Å². The lowest BCUT2D eigenvalue weighted by Crippen LogP contribution is -2.23. The van der Waals surface area contributed by atoms with Crippen molar-refractivity contribution in [2.45, 2.75) is 13.0 Å². The van der Waals surface area contributed by atoms with E-state index in [-0.39, 0.29) is 10.6 Å². The van der Waals surface area contributed by atoms with Gasteiger partial charge in [0.2, 0.25) is 0 Å². The number of nitrogens with one attached hydrogen (secondary N) is 2. The van der Waals surface area contributed by atoms with Crippen LogP contribution in [0.2, 0.25) is 5.02 Å². The van der Waals surface area contributed by atoms with Crippen molar-refractivity contribution >= 4 is 23.2 Å². The molecule has 0 aliphatic carbocycles. The second kappa shape index (κ2) is 6.02. The molecule has 0 saturated heterocycles. The minimum absolute atomic E-state index is 0.101. The van der Waals surface area contributed by atoms with E-state index in [9.17, 15) is 13.6 Å². The molecule has 3 nitrogen and oxygen atoms in total. The standard InChI is InChI=1S/C16H13ClF2N2O/c17-13-7-15(19)14(18)6-12(13)16(22)21-11-2-1-9-3-4-20-8-10(9)5-11/h1-2,5-7,20H,3-4,8H2,(H,21,22). The van der Waals surface area contributed by atoms with Gasteiger partial charge in [0.15, 0.2) is 11.6 Å². The Labute approximate surface area is 131 Å². The number of benzene rings is 2. The van der Waals surface area contributed by atoms with Crippen molar-refractivity contribution < 1.29 is 13.6 Å². The van der Waals surface area contributed by atoms with E-state index in [0.29, 0.717) is 5.69 Å². The average molecular weight is 323 g/mol. The van der Waals surface area contributed by atoms with Crippen molar-refractivity contribution in [3.05, 3.63) is 63.7 Å². The molecule has 1 heterocycles. The van der Waals surface area contributed by atoms with Gasteiger partial charge in [-0.2, -0.15) is 0 Å². The second-order valence-corrected chi connectivity index (χ2v) is 5.52. The molecule has 2 aromatic carbocycles. The summed E-state index contributed by atoms with van der Waals surface area (Å²) in [5.74, 6) is -2.77. The Morgan fingerprint density at radius 3 is 2.73 bits per heavy atom. The van der Waals surface area contributed by atoms with Crippen LogP contribution in [0.25, 0.3) is 0 Å². The molecule has 114 valence electrons. The van der Waals surface area contributed by atoms with Crippen LogP contribution in [0.4, 0.5) is 14.5 Å². The number of anilines is 1. The summed E-state index contributed by atoms with van der Waals surface area (Å²) in [5.41, 5.74) is 2.84. The van der Waals surface area contributed by atoms with Crippen LogP contribution in [0.1, 0.15) is 21.5 Å². The first-order valence-electron chi connectivity index (χ1n) is 6.83. The largest absolute Gasteiger partial charge is 0.322 e. The van der Waals surface area contributed by atoms with Gasteiger partial charge in [0, 0.05) is 12.2 Å². The molecule has 2 N–H and O–H groups in total. The van der Waals surface area contributed by atoms with Crippen LogP contribution in [0.15, 0.2) is 30.3 Å². The van der Waals surface area contributed by atoms with Crippen LogP contribution in [0.3, 0.4) is 0 Å². The van der Waals surface area contributed by atoms with E-state index in [0.717, 1.165) is 37.2 Å². The van der Waals surface area contributed by atoms with Crippen molar-refractivity contribution in [3.8, 4) is 0 Å². The summed E-state index contributed by atoms with van der Waals surface area (Å²) in [7, 11) is 0. The second-order valence-electron chi connectivity index (χ2n) is 5.11. The summed E-state index contributed by atoms with van der Waals surface area (Å²) in [5, 5.41) is 5.78. The molecule has 0 radical (unpaired) electrons. The van der Waals surface area contributed by atoms with E-state index in [1.165, 1.54) is 5.56 Å². The fourth-order valence-electron chi connectivity index (χ4n) is 2.45. The lowest BCUT2D eigenvalue weighted by molar-refractivity contribution is 0.102. The minimum Gasteiger partial charge on any atom is -0.322 e. The van der Waals surface area contributed by atoms with E-state index >= 15 is 0 Å². The Morgan fingerprint density at radius 2 is 1.91 bits per heavy atom. The fourth-order valence-corrected chi connectivity index (χ4v) is 2.69. The van der Waals surface area contributed by atoms with Gasteiger partial charge < -0.3 is 10.6 Å². The Bertz CT molecular complexity index is 749. The highest BCUT2D eigenvalue weighted by atomic mass is 35.5. The zero-order chi connectivity index (χ0) is 15.7. The molecule has 0 unspecified atom stereocenters. The van der Waals surface area contributed by atoms with Crippen LogP contribution < -0.4 is 10.6 Å². The number of hydrogen-bond donors (Lipinski definition) is 2. The molecule has 0 bridgehead atoms. The Hall–Kier alpha value is -1.98. The van der Waals surface area contributed by atoms with Crippen molar-refractivity contribution in [1.29, 1.82) is 0 Å². The summed E-state index contributed by atoms with van der Waals surface area (Å²) < 4.78 is 26.3. The third kappa shape index (κ3) is 2.96. The summed E-state index contributed by atoms with van der Waals surface area (Å²) in [6, 6.07) is 7.21. The monoisotopic (exact) mass is 322 g/mol. The molecule has 1 aliphatic rings. The molecule has 0 saturated carbocycles. The van der Waals surface area contributed by atoms with Gasteiger partial charge in [0.1, 0.15) is 0 Å². The average Bonchev–Trinajstić information content (AvgIpc) is 2.50. The highest BCUT2D eigenvalue weighted by Crippen LogP contribution is 2.23. The summed E-state index contributed by atoms with van der Waals surface area (Å²) in [6.07, 6.45) is 0.943. The molecule has 1 aliphatic heterocycles. The zero-order valence-corrected chi connectivity index (χ0v) is 12.3. The molecule has 3 rings (SSSR count). The topological polar surface area (TPSA) is 41.1 Å². The first-order valence-corrected chi connectivity index (χ1v) is 7.21. The predicted octanol–water partition coefficient (Wildman–Crippen LogP) is 3.52. The molecule has 0 fully saturated rings. The number of carbonyl (C=O) groups is 1. The maximum absolute atomic E-state index is 13.3. The molecule has 0 aromatic heterocycles. The van der Waals surface area contributed by atoms with E-state index in [1.54, 1.807) is 6.07 Å². The fraction of sp³-hybridized carbons (Fsp3) is 0.188. The third-order valence-electron chi connectivity index (χ3n) is 3.61. The van der Waals surface area contributed by atoms with Crippen LogP contribution >= 0.6 is 11.6 Å². The van der Waals surface area contributed by atoms with Crippen LogP contribution in [-0.2, 0) is 13.0 Å². The maximum Gasteiger partial charge on any atom is 0.257 e. The van der Waals surface area contributed by atoms with Gasteiger partial charge in [-0.05, 0) is 48.4 Å². The predicted molar refractivity (Wildman–Crippen MR) is 81.2 cm³/mol. The van der Waals surface area contributed by atoms with Gasteiger partial charge in [0.25, 0.3) is 5.91 Å². The zero-order valence-electron chi connectivity index (χ0n) is 11.6. The Kier molecular flexibility index (Phi) is 4.09. The normalized spacial score (nSPS) is 13.6. The van der Waals surface area contributed by atoms with Crippen molar-refractivity contribution in [2.75, 3.05) is 11.9 Å². The Morgan fingerprint density at radius 1 is 1.14 bits per heavy atom. The number of halogens is 3. The smallest absolute Gasteiger partial charge is 0.257 e. The maximum atomic E-state index is 13.3. The van der Waals surface area contributed by atoms with Gasteiger partial charge in [-0.3, -0.25) is 4.79 Å². The Balaban J connectivity index is 1.84. The summed E-state index contributed by atoms with van der Waals surface area (Å²) in [6.45, 7) is 1.67. The van der Waals surface area contributed by atoms with Crippen LogP contribution in [0, 0.1) is 11.6 Å². The van der Waals surface area contributed by atoms with Gasteiger partial charge in [-0.25, -0.2) is 8.78 Å². The van der Waals surface area contributed by atoms with E-state index in [1.807, 2.05) is 12.1 Å². The summed E-state index contributed by atoms with van der Waals surface area (Å²) >= 11 is 5.80. The molecule has 0 spiro atoms. The van der Waals surface area contributed by atoms with Crippen molar-refractivity contribution in [1.82, 2.24) is 5.32 Å². The van der Waals surface area contributed by atoms with Gasteiger partial charge in [-0.1, -0.05) is 17.7 Å². The highest BCUT2D eigenvalue weighted by molar-refractivity contribution is 6.34. The number of carbonyl (C=O) groups excluding carboxylic acids is 1. The molecule has 22 heavy (non-hydrogen) atoms. The van der Waals surface area contributed by atoms with E-state index < -0.39 is 17.5 Å². The van der Waals surface area contributed by atoms with E-state index in [2.05, 4.69) is 10.6 Å². The van der Waals surface area contributed by atoms with Gasteiger partial charge >= 0.3 is 0 Å². The van der Waals surface area contributed by atoms with Gasteiger partial charge in [-0.15, -0.1) is 0 Å². The quantitative estimate of drug-likeness (QED) is 0.831.